The maximum atomic E-state index is 10.7. The van der Waals surface area contributed by atoms with E-state index in [1.54, 1.807) is 0 Å². The molecule has 0 aliphatic carbocycles. The molecule has 2 N–H and O–H groups in total. The second kappa shape index (κ2) is 19.1. The quantitative estimate of drug-likeness (QED) is 0.168. The summed E-state index contributed by atoms with van der Waals surface area (Å²) in [5, 5.41) is 0. The maximum absolute atomic E-state index is 10.7. The average Bonchev–Trinajstić information content (AvgIpc) is 2.45. The van der Waals surface area contributed by atoms with Crippen LogP contribution in [0.5, 0.6) is 0 Å². The van der Waals surface area contributed by atoms with E-state index in [1.807, 2.05) is 0 Å². The molecule has 0 rings (SSSR count). The number of unbranched alkanes of at least 4 members (excludes halogenated alkanes) is 15. The van der Waals surface area contributed by atoms with Crippen molar-refractivity contribution in [3.05, 3.63) is 0 Å². The van der Waals surface area contributed by atoms with Gasteiger partial charge in [0.1, 0.15) is 0 Å². The fourth-order valence-electron chi connectivity index (χ4n) is 2.87. The zero-order chi connectivity index (χ0) is 16.5. The molecule has 0 spiro atoms. The molecule has 0 saturated heterocycles. The van der Waals surface area contributed by atoms with Gasteiger partial charge in [-0.2, -0.15) is 0 Å². The van der Waals surface area contributed by atoms with E-state index in [4.69, 9.17) is 9.79 Å². The fraction of sp³-hybridized carbons (Fsp3) is 1.00. The molecule has 0 aromatic rings. The molecule has 0 aromatic heterocycles. The van der Waals surface area contributed by atoms with E-state index in [9.17, 15) is 4.57 Å². The first-order valence-electron chi connectivity index (χ1n) is 9.61. The molecule has 136 valence electrons. The molecule has 0 fully saturated rings. The Morgan fingerprint density at radius 1 is 0.565 bits per heavy atom. The summed E-state index contributed by atoms with van der Waals surface area (Å²) in [7, 11) is -3.75. The molecule has 0 atom stereocenters. The monoisotopic (exact) mass is 398 g/mol. The first-order chi connectivity index (χ1) is 10.6. The van der Waals surface area contributed by atoms with Crippen LogP contribution in [-0.2, 0) is 24.0 Å². The van der Waals surface area contributed by atoms with Gasteiger partial charge in [0.05, 0.1) is 0 Å². The first-order valence-corrected chi connectivity index (χ1v) is 11.4. The van der Waals surface area contributed by atoms with E-state index in [0.717, 1.165) is 12.8 Å². The van der Waals surface area contributed by atoms with Gasteiger partial charge >= 0.3 is 7.60 Å². The number of rotatable bonds is 17. The normalized spacial score (nSPS) is 11.4. The Kier molecular flexibility index (Phi) is 21.6. The number of hydrogen-bond acceptors (Lipinski definition) is 1. The average molecular weight is 400 g/mol. The largest absolute Gasteiger partial charge is 0.325 e. The van der Waals surface area contributed by atoms with E-state index >= 15 is 0 Å². The first kappa shape index (κ1) is 26.0. The Labute approximate surface area is 157 Å². The van der Waals surface area contributed by atoms with E-state index in [2.05, 4.69) is 6.92 Å². The maximum Gasteiger partial charge on any atom is 0.325 e. The van der Waals surface area contributed by atoms with Crippen LogP contribution in [0.4, 0.5) is 0 Å². The molecular formula is C18H39O3PZn. The van der Waals surface area contributed by atoms with Gasteiger partial charge in [0.25, 0.3) is 0 Å². The third-order valence-electron chi connectivity index (χ3n) is 4.30. The van der Waals surface area contributed by atoms with Crippen LogP contribution < -0.4 is 0 Å². The second-order valence-corrected chi connectivity index (χ2v) is 8.47. The Hall–Kier alpha value is 0.773. The van der Waals surface area contributed by atoms with Crippen LogP contribution in [0, 0.1) is 0 Å². The van der Waals surface area contributed by atoms with Crippen molar-refractivity contribution in [2.75, 3.05) is 6.16 Å². The van der Waals surface area contributed by atoms with Crippen molar-refractivity contribution >= 4 is 7.60 Å². The topological polar surface area (TPSA) is 57.5 Å². The van der Waals surface area contributed by atoms with E-state index in [0.29, 0.717) is 6.42 Å². The van der Waals surface area contributed by atoms with Crippen LogP contribution in [0.2, 0.25) is 0 Å². The third kappa shape index (κ3) is 25.1. The predicted octanol–water partition coefficient (Wildman–Crippen LogP) is 6.42. The summed E-state index contributed by atoms with van der Waals surface area (Å²) in [5.74, 6) is 0. The van der Waals surface area contributed by atoms with E-state index < -0.39 is 7.60 Å². The van der Waals surface area contributed by atoms with Crippen molar-refractivity contribution < 1.29 is 33.8 Å². The molecule has 0 heterocycles. The van der Waals surface area contributed by atoms with Crippen molar-refractivity contribution in [2.45, 2.75) is 110 Å². The van der Waals surface area contributed by atoms with Gasteiger partial charge in [-0.1, -0.05) is 103 Å². The summed E-state index contributed by atoms with van der Waals surface area (Å²) >= 11 is 0. The summed E-state index contributed by atoms with van der Waals surface area (Å²) in [6.07, 6.45) is 20.6. The standard InChI is InChI=1S/C18H39O3P.Zn/c1-2-3-4-5-6-7-8-9-10-11-12-13-14-15-16-17-18-22(19,20)21;/h2-18H2,1H3,(H2,19,20,21);. The van der Waals surface area contributed by atoms with E-state index in [-0.39, 0.29) is 25.6 Å². The summed E-state index contributed by atoms with van der Waals surface area (Å²) in [6, 6.07) is 0. The van der Waals surface area contributed by atoms with Crippen LogP contribution in [0.1, 0.15) is 110 Å². The third-order valence-corrected chi connectivity index (χ3v) is 5.20. The smallest absolute Gasteiger partial charge is 0.324 e. The minimum atomic E-state index is -3.75. The van der Waals surface area contributed by atoms with Crippen molar-refractivity contribution in [2.24, 2.45) is 0 Å². The zero-order valence-electron chi connectivity index (χ0n) is 15.5. The van der Waals surface area contributed by atoms with Crippen molar-refractivity contribution in [3.8, 4) is 0 Å². The van der Waals surface area contributed by atoms with Crippen LogP contribution >= 0.6 is 7.60 Å². The number of hydrogen-bond donors (Lipinski definition) is 2. The Morgan fingerprint density at radius 3 is 1.09 bits per heavy atom. The van der Waals surface area contributed by atoms with Crippen molar-refractivity contribution in [3.63, 3.8) is 0 Å². The summed E-state index contributed by atoms with van der Waals surface area (Å²) in [4.78, 5) is 17.5. The Bertz CT molecular complexity index is 269. The second-order valence-electron chi connectivity index (χ2n) is 6.69. The SMILES string of the molecule is CCCCCCCCCCCCCCCCCCP(=O)(O)O.[Zn]. The molecule has 0 aliphatic rings. The molecule has 23 heavy (non-hydrogen) atoms. The molecule has 0 radical (unpaired) electrons. The Balaban J connectivity index is 0. The van der Waals surface area contributed by atoms with Gasteiger partial charge in [-0.15, -0.1) is 0 Å². The minimum Gasteiger partial charge on any atom is -0.324 e. The van der Waals surface area contributed by atoms with Gasteiger partial charge in [-0.05, 0) is 6.42 Å². The molecule has 0 bridgehead atoms. The molecular weight excluding hydrogens is 361 g/mol. The molecule has 0 unspecified atom stereocenters. The summed E-state index contributed by atoms with van der Waals surface area (Å²) < 4.78 is 10.7. The van der Waals surface area contributed by atoms with Crippen LogP contribution in [0.3, 0.4) is 0 Å². The molecule has 0 aromatic carbocycles. The van der Waals surface area contributed by atoms with Crippen LogP contribution in [0.15, 0.2) is 0 Å². The van der Waals surface area contributed by atoms with Gasteiger partial charge in [0.15, 0.2) is 0 Å². The molecule has 5 heteroatoms. The van der Waals surface area contributed by atoms with Crippen LogP contribution in [-0.4, -0.2) is 15.9 Å². The summed E-state index contributed by atoms with van der Waals surface area (Å²) in [5.41, 5.74) is 0. The van der Waals surface area contributed by atoms with Crippen molar-refractivity contribution in [1.82, 2.24) is 0 Å². The van der Waals surface area contributed by atoms with Gasteiger partial charge in [-0.25, -0.2) is 0 Å². The van der Waals surface area contributed by atoms with Crippen molar-refractivity contribution in [1.29, 1.82) is 0 Å². The van der Waals surface area contributed by atoms with Gasteiger partial charge in [-0.3, -0.25) is 4.57 Å². The molecule has 3 nitrogen and oxygen atoms in total. The summed E-state index contributed by atoms with van der Waals surface area (Å²) in [6.45, 7) is 2.27. The molecule has 0 amide bonds. The van der Waals surface area contributed by atoms with Gasteiger partial charge in [0.2, 0.25) is 0 Å². The van der Waals surface area contributed by atoms with Gasteiger partial charge < -0.3 is 9.79 Å². The van der Waals surface area contributed by atoms with E-state index in [1.165, 1.54) is 83.5 Å². The van der Waals surface area contributed by atoms with Crippen LogP contribution in [0.25, 0.3) is 0 Å². The fourth-order valence-corrected chi connectivity index (χ4v) is 3.50. The zero-order valence-corrected chi connectivity index (χ0v) is 19.3. The minimum absolute atomic E-state index is 0. The Morgan fingerprint density at radius 2 is 0.826 bits per heavy atom. The molecule has 0 aliphatic heterocycles. The molecule has 0 saturated carbocycles. The predicted molar refractivity (Wildman–Crippen MR) is 96.5 cm³/mol. The van der Waals surface area contributed by atoms with Gasteiger partial charge in [0, 0.05) is 25.6 Å².